The number of hydrogen-bond donors (Lipinski definition) is 0. The van der Waals surface area contributed by atoms with Crippen LogP contribution < -0.4 is 15.4 Å². The lowest BCUT2D eigenvalue weighted by Crippen LogP contribution is -2.47. The molecule has 0 atom stereocenters. The molecule has 5 rings (SSSR count). The highest BCUT2D eigenvalue weighted by Crippen LogP contribution is 2.33. The third-order valence-corrected chi connectivity index (χ3v) is 6.14. The molecule has 0 N–H and O–H groups in total. The summed E-state index contributed by atoms with van der Waals surface area (Å²) in [5.74, 6) is 0. The standard InChI is InChI=1S/C23H19ClN6O3/c24-21-20(15-26-29(23(21)31)16-5-2-1-3-6-16)28-13-11-27(12-14-28)19-9-8-18(30(32)33)17-7-4-10-25-22(17)19/h1-10,15H,11-14H2. The molecule has 0 radical (unpaired) electrons. The van der Waals surface area contributed by atoms with Crippen LogP contribution in [-0.2, 0) is 0 Å². The first-order chi connectivity index (χ1) is 16.0. The van der Waals surface area contributed by atoms with Crippen molar-refractivity contribution in [3.05, 3.63) is 92.5 Å². The molecule has 0 unspecified atom stereocenters. The predicted octanol–water partition coefficient (Wildman–Crippen LogP) is 3.67. The highest BCUT2D eigenvalue weighted by Gasteiger charge is 2.24. The zero-order valence-electron chi connectivity index (χ0n) is 17.5. The van der Waals surface area contributed by atoms with Gasteiger partial charge in [0.2, 0.25) is 0 Å². The van der Waals surface area contributed by atoms with Crippen molar-refractivity contribution in [1.82, 2.24) is 14.8 Å². The molecule has 33 heavy (non-hydrogen) atoms. The van der Waals surface area contributed by atoms with Gasteiger partial charge in [-0.25, -0.2) is 0 Å². The Kier molecular flexibility index (Phi) is 5.39. The molecule has 1 fully saturated rings. The number of aromatic nitrogens is 3. The van der Waals surface area contributed by atoms with Crippen molar-refractivity contribution in [3.8, 4) is 5.69 Å². The maximum Gasteiger partial charge on any atom is 0.292 e. The Morgan fingerprint density at radius 3 is 2.30 bits per heavy atom. The minimum absolute atomic E-state index is 0.0392. The molecular formula is C23H19ClN6O3. The molecule has 2 aromatic carbocycles. The third kappa shape index (κ3) is 3.76. The summed E-state index contributed by atoms with van der Waals surface area (Å²) in [7, 11) is 0. The van der Waals surface area contributed by atoms with E-state index in [9.17, 15) is 14.9 Å². The number of nitrogens with zero attached hydrogens (tertiary/aromatic N) is 6. The van der Waals surface area contributed by atoms with E-state index >= 15 is 0 Å². The van der Waals surface area contributed by atoms with Gasteiger partial charge in [0, 0.05) is 38.4 Å². The van der Waals surface area contributed by atoms with Crippen molar-refractivity contribution >= 4 is 39.6 Å². The fourth-order valence-electron chi connectivity index (χ4n) is 4.14. The number of rotatable bonds is 4. The fraction of sp³-hybridized carbons (Fsp3) is 0.174. The fourth-order valence-corrected chi connectivity index (χ4v) is 4.39. The van der Waals surface area contributed by atoms with E-state index in [2.05, 4.69) is 15.0 Å². The number of fused-ring (bicyclic) bond motifs is 1. The summed E-state index contributed by atoms with van der Waals surface area (Å²) >= 11 is 6.46. The van der Waals surface area contributed by atoms with Crippen molar-refractivity contribution in [1.29, 1.82) is 0 Å². The van der Waals surface area contributed by atoms with Gasteiger partial charge in [0.15, 0.2) is 0 Å². The molecule has 1 saturated heterocycles. The second-order valence-electron chi connectivity index (χ2n) is 7.63. The average Bonchev–Trinajstić information content (AvgIpc) is 2.85. The van der Waals surface area contributed by atoms with Crippen LogP contribution in [0.15, 0.2) is 71.8 Å². The van der Waals surface area contributed by atoms with Crippen molar-refractivity contribution < 1.29 is 4.92 Å². The SMILES string of the molecule is O=c1c(Cl)c(N2CCN(c3ccc([N+](=O)[O-])c4cccnc34)CC2)cnn1-c1ccccc1. The van der Waals surface area contributed by atoms with Crippen LogP contribution in [0.4, 0.5) is 17.1 Å². The van der Waals surface area contributed by atoms with E-state index in [-0.39, 0.29) is 16.3 Å². The molecule has 2 aromatic heterocycles. The molecule has 1 aliphatic heterocycles. The van der Waals surface area contributed by atoms with Crippen LogP contribution in [0.2, 0.25) is 5.02 Å². The summed E-state index contributed by atoms with van der Waals surface area (Å²) in [6.45, 7) is 2.51. The first-order valence-electron chi connectivity index (χ1n) is 10.4. The molecule has 0 spiro atoms. The molecule has 10 heteroatoms. The third-order valence-electron chi connectivity index (χ3n) is 5.78. The van der Waals surface area contributed by atoms with Gasteiger partial charge < -0.3 is 9.80 Å². The van der Waals surface area contributed by atoms with Crippen LogP contribution in [0.1, 0.15) is 0 Å². The second-order valence-corrected chi connectivity index (χ2v) is 8.01. The first-order valence-corrected chi connectivity index (χ1v) is 10.8. The molecule has 0 bridgehead atoms. The van der Waals surface area contributed by atoms with Crippen molar-refractivity contribution in [2.24, 2.45) is 0 Å². The lowest BCUT2D eigenvalue weighted by atomic mass is 10.1. The summed E-state index contributed by atoms with van der Waals surface area (Å²) in [5.41, 5.74) is 2.37. The minimum Gasteiger partial charge on any atom is -0.366 e. The van der Waals surface area contributed by atoms with E-state index in [1.54, 1.807) is 42.7 Å². The number of anilines is 2. The minimum atomic E-state index is -0.391. The topological polar surface area (TPSA) is 97.4 Å². The molecule has 1 aliphatic rings. The number of pyridine rings is 1. The van der Waals surface area contributed by atoms with Gasteiger partial charge in [-0.2, -0.15) is 9.78 Å². The van der Waals surface area contributed by atoms with Gasteiger partial charge in [0.05, 0.1) is 33.6 Å². The van der Waals surface area contributed by atoms with E-state index < -0.39 is 4.92 Å². The molecular weight excluding hydrogens is 444 g/mol. The number of hydrogen-bond acceptors (Lipinski definition) is 7. The Bertz CT molecular complexity index is 1400. The van der Waals surface area contributed by atoms with Crippen LogP contribution in [-0.4, -0.2) is 45.9 Å². The summed E-state index contributed by atoms with van der Waals surface area (Å²) in [5, 5.41) is 16.4. The number of benzene rings is 2. The number of para-hydroxylation sites is 1. The van der Waals surface area contributed by atoms with Gasteiger partial charge >= 0.3 is 0 Å². The van der Waals surface area contributed by atoms with Gasteiger partial charge in [-0.3, -0.25) is 19.9 Å². The average molecular weight is 463 g/mol. The van der Waals surface area contributed by atoms with Gasteiger partial charge in [0.25, 0.3) is 11.2 Å². The Morgan fingerprint density at radius 2 is 1.61 bits per heavy atom. The number of nitro groups is 1. The summed E-state index contributed by atoms with van der Waals surface area (Å²) in [6.07, 6.45) is 3.26. The Labute approximate surface area is 193 Å². The monoisotopic (exact) mass is 462 g/mol. The van der Waals surface area contributed by atoms with E-state index in [1.807, 2.05) is 23.1 Å². The molecule has 4 aromatic rings. The van der Waals surface area contributed by atoms with Crippen LogP contribution in [0.25, 0.3) is 16.6 Å². The van der Waals surface area contributed by atoms with Crippen LogP contribution in [0, 0.1) is 10.1 Å². The van der Waals surface area contributed by atoms with Gasteiger partial charge in [-0.05, 0) is 30.3 Å². The molecule has 166 valence electrons. The van der Waals surface area contributed by atoms with Crippen LogP contribution in [0.3, 0.4) is 0 Å². The van der Waals surface area contributed by atoms with E-state index in [0.717, 1.165) is 5.69 Å². The largest absolute Gasteiger partial charge is 0.366 e. The van der Waals surface area contributed by atoms with E-state index in [4.69, 9.17) is 11.6 Å². The highest BCUT2D eigenvalue weighted by molar-refractivity contribution is 6.33. The van der Waals surface area contributed by atoms with Crippen LogP contribution in [0.5, 0.6) is 0 Å². The smallest absolute Gasteiger partial charge is 0.292 e. The molecule has 9 nitrogen and oxygen atoms in total. The summed E-state index contributed by atoms with van der Waals surface area (Å²) in [6, 6.07) is 15.8. The lowest BCUT2D eigenvalue weighted by molar-refractivity contribution is -0.383. The number of piperazine rings is 1. The molecule has 3 heterocycles. The van der Waals surface area contributed by atoms with Gasteiger partial charge in [-0.15, -0.1) is 0 Å². The Balaban J connectivity index is 1.39. The van der Waals surface area contributed by atoms with Gasteiger partial charge in [-0.1, -0.05) is 29.8 Å². The Morgan fingerprint density at radius 1 is 0.909 bits per heavy atom. The second kappa shape index (κ2) is 8.51. The normalized spacial score (nSPS) is 14.0. The zero-order valence-corrected chi connectivity index (χ0v) is 18.2. The van der Waals surface area contributed by atoms with E-state index in [0.29, 0.717) is 48.5 Å². The van der Waals surface area contributed by atoms with Crippen molar-refractivity contribution in [2.75, 3.05) is 36.0 Å². The van der Waals surface area contributed by atoms with Gasteiger partial charge in [0.1, 0.15) is 10.5 Å². The summed E-state index contributed by atoms with van der Waals surface area (Å²) in [4.78, 5) is 32.4. The maximum absolute atomic E-state index is 12.8. The molecule has 0 aliphatic carbocycles. The first kappa shape index (κ1) is 20.9. The number of nitro benzene ring substituents is 1. The number of non-ortho nitro benzene ring substituents is 1. The predicted molar refractivity (Wildman–Crippen MR) is 128 cm³/mol. The van der Waals surface area contributed by atoms with Crippen molar-refractivity contribution in [2.45, 2.75) is 0 Å². The molecule has 0 amide bonds. The lowest BCUT2D eigenvalue weighted by Gasteiger charge is -2.37. The zero-order chi connectivity index (χ0) is 22.9. The summed E-state index contributed by atoms with van der Waals surface area (Å²) < 4.78 is 1.29. The maximum atomic E-state index is 12.8. The van der Waals surface area contributed by atoms with Crippen molar-refractivity contribution in [3.63, 3.8) is 0 Å². The highest BCUT2D eigenvalue weighted by atomic mass is 35.5. The van der Waals surface area contributed by atoms with E-state index in [1.165, 1.54) is 10.7 Å². The molecule has 0 saturated carbocycles. The quantitative estimate of drug-likeness (QED) is 0.337. The Hall–Kier alpha value is -3.98. The number of halogens is 1. The van der Waals surface area contributed by atoms with Crippen LogP contribution >= 0.6 is 11.6 Å².